The van der Waals surface area contributed by atoms with E-state index in [0.717, 1.165) is 44.9 Å². The SMILES string of the molecule is CO/N=C/C1(O)CC[C@@]2(O)[C@@H]3CCC4CC(O)CC[C@]4(C)[C@@H]3CC[C@]12C. The van der Waals surface area contributed by atoms with Gasteiger partial charge in [-0.2, -0.15) is 0 Å². The van der Waals surface area contributed by atoms with E-state index in [1.165, 1.54) is 13.3 Å². The van der Waals surface area contributed by atoms with E-state index in [-0.39, 0.29) is 17.4 Å². The molecule has 0 aromatic carbocycles. The van der Waals surface area contributed by atoms with Gasteiger partial charge in [0.1, 0.15) is 12.7 Å². The quantitative estimate of drug-likeness (QED) is 0.519. The maximum absolute atomic E-state index is 11.9. The van der Waals surface area contributed by atoms with Gasteiger partial charge in [-0.05, 0) is 81.0 Å². The van der Waals surface area contributed by atoms with E-state index in [0.29, 0.717) is 24.7 Å². The van der Waals surface area contributed by atoms with Crippen molar-refractivity contribution in [2.45, 2.75) is 88.9 Å². The highest BCUT2D eigenvalue weighted by Gasteiger charge is 2.71. The van der Waals surface area contributed by atoms with Gasteiger partial charge in [-0.3, -0.25) is 0 Å². The van der Waals surface area contributed by atoms with E-state index in [4.69, 9.17) is 4.84 Å². The fourth-order valence-corrected chi connectivity index (χ4v) is 7.60. The predicted molar refractivity (Wildman–Crippen MR) is 99.6 cm³/mol. The molecule has 0 aliphatic heterocycles. The molecule has 5 nitrogen and oxygen atoms in total. The summed E-state index contributed by atoms with van der Waals surface area (Å²) in [6.07, 6.45) is 9.32. The first-order chi connectivity index (χ1) is 12.2. The molecule has 0 spiro atoms. The first-order valence-corrected chi connectivity index (χ1v) is 10.4. The van der Waals surface area contributed by atoms with Crippen molar-refractivity contribution in [1.29, 1.82) is 0 Å². The fourth-order valence-electron chi connectivity index (χ4n) is 7.60. The molecule has 0 amide bonds. The van der Waals surface area contributed by atoms with Gasteiger partial charge in [0.05, 0.1) is 17.9 Å². The zero-order valence-electron chi connectivity index (χ0n) is 16.4. The molecule has 26 heavy (non-hydrogen) atoms. The third kappa shape index (κ3) is 2.23. The number of aliphatic hydroxyl groups is 3. The summed E-state index contributed by atoms with van der Waals surface area (Å²) < 4.78 is 0. The van der Waals surface area contributed by atoms with Gasteiger partial charge >= 0.3 is 0 Å². The van der Waals surface area contributed by atoms with Crippen LogP contribution < -0.4 is 0 Å². The van der Waals surface area contributed by atoms with Gasteiger partial charge in [-0.1, -0.05) is 19.0 Å². The molecule has 4 rings (SSSR count). The summed E-state index contributed by atoms with van der Waals surface area (Å²) in [6.45, 7) is 4.46. The molecule has 148 valence electrons. The third-order valence-electron chi connectivity index (χ3n) is 9.40. The Morgan fingerprint density at radius 2 is 1.73 bits per heavy atom. The zero-order chi connectivity index (χ0) is 18.8. The Labute approximate surface area is 156 Å². The second-order valence-electron chi connectivity index (χ2n) is 10.1. The number of nitrogens with zero attached hydrogens (tertiary/aromatic N) is 1. The second-order valence-corrected chi connectivity index (χ2v) is 10.1. The van der Waals surface area contributed by atoms with Gasteiger partial charge in [0, 0.05) is 5.41 Å². The molecule has 0 aromatic heterocycles. The number of fused-ring (bicyclic) bond motifs is 5. The maximum Gasteiger partial charge on any atom is 0.111 e. The lowest BCUT2D eigenvalue weighted by Gasteiger charge is -2.64. The Bertz CT molecular complexity index is 597. The molecule has 4 aliphatic carbocycles. The van der Waals surface area contributed by atoms with Gasteiger partial charge in [-0.15, -0.1) is 0 Å². The van der Waals surface area contributed by atoms with E-state index < -0.39 is 16.6 Å². The Kier molecular flexibility index (Phi) is 4.26. The van der Waals surface area contributed by atoms with Crippen LogP contribution >= 0.6 is 0 Å². The van der Waals surface area contributed by atoms with Crippen molar-refractivity contribution in [3.05, 3.63) is 0 Å². The Balaban J connectivity index is 1.67. The lowest BCUT2D eigenvalue weighted by atomic mass is 9.43. The summed E-state index contributed by atoms with van der Waals surface area (Å²) in [6, 6.07) is 0. The lowest BCUT2D eigenvalue weighted by Crippen LogP contribution is -2.65. The lowest BCUT2D eigenvalue weighted by molar-refractivity contribution is -0.224. The Hall–Kier alpha value is -0.650. The van der Waals surface area contributed by atoms with Gasteiger partial charge in [0.25, 0.3) is 0 Å². The molecule has 3 unspecified atom stereocenters. The minimum atomic E-state index is -1.11. The third-order valence-corrected chi connectivity index (χ3v) is 9.40. The highest BCUT2D eigenvalue weighted by atomic mass is 16.6. The van der Waals surface area contributed by atoms with E-state index in [9.17, 15) is 15.3 Å². The summed E-state index contributed by atoms with van der Waals surface area (Å²) in [4.78, 5) is 4.83. The number of hydrogen-bond acceptors (Lipinski definition) is 5. The second kappa shape index (κ2) is 5.92. The smallest absolute Gasteiger partial charge is 0.111 e. The largest absolute Gasteiger partial charge is 0.399 e. The summed E-state index contributed by atoms with van der Waals surface area (Å²) in [5, 5.41) is 37.3. The molecular formula is C21H35NO4. The molecule has 0 bridgehead atoms. The van der Waals surface area contributed by atoms with Crippen molar-refractivity contribution in [3.63, 3.8) is 0 Å². The highest BCUT2D eigenvalue weighted by molar-refractivity contribution is 5.71. The first kappa shape index (κ1) is 18.7. The number of aliphatic hydroxyl groups excluding tert-OH is 1. The van der Waals surface area contributed by atoms with E-state index in [2.05, 4.69) is 19.0 Å². The van der Waals surface area contributed by atoms with Crippen LogP contribution in [0.2, 0.25) is 0 Å². The van der Waals surface area contributed by atoms with Crippen LogP contribution in [0.1, 0.15) is 71.6 Å². The van der Waals surface area contributed by atoms with Gasteiger partial charge < -0.3 is 20.2 Å². The fraction of sp³-hybridized carbons (Fsp3) is 0.952. The molecule has 0 saturated heterocycles. The van der Waals surface area contributed by atoms with Crippen LogP contribution in [0.3, 0.4) is 0 Å². The molecule has 0 radical (unpaired) electrons. The Morgan fingerprint density at radius 3 is 2.46 bits per heavy atom. The first-order valence-electron chi connectivity index (χ1n) is 10.4. The molecular weight excluding hydrogens is 330 g/mol. The van der Waals surface area contributed by atoms with E-state index in [1.54, 1.807) is 0 Å². The Morgan fingerprint density at radius 1 is 0.962 bits per heavy atom. The van der Waals surface area contributed by atoms with Crippen molar-refractivity contribution < 1.29 is 20.2 Å². The van der Waals surface area contributed by atoms with Crippen LogP contribution in [0.15, 0.2) is 5.16 Å². The molecule has 0 heterocycles. The van der Waals surface area contributed by atoms with Crippen molar-refractivity contribution in [2.75, 3.05) is 7.11 Å². The summed E-state index contributed by atoms with van der Waals surface area (Å²) in [5.74, 6) is 1.27. The van der Waals surface area contributed by atoms with Crippen molar-refractivity contribution in [3.8, 4) is 0 Å². The van der Waals surface area contributed by atoms with Crippen LogP contribution in [0.4, 0.5) is 0 Å². The van der Waals surface area contributed by atoms with Crippen LogP contribution in [0, 0.1) is 28.6 Å². The van der Waals surface area contributed by atoms with E-state index in [1.807, 2.05) is 0 Å². The molecule has 5 heteroatoms. The summed E-state index contributed by atoms with van der Waals surface area (Å²) in [7, 11) is 1.49. The molecule has 4 aliphatic rings. The molecule has 0 aromatic rings. The van der Waals surface area contributed by atoms with Crippen LogP contribution in [-0.2, 0) is 4.84 Å². The van der Waals surface area contributed by atoms with Crippen molar-refractivity contribution >= 4 is 6.21 Å². The molecule has 4 saturated carbocycles. The molecule has 4 fully saturated rings. The monoisotopic (exact) mass is 365 g/mol. The number of rotatable bonds is 2. The highest BCUT2D eigenvalue weighted by Crippen LogP contribution is 2.69. The zero-order valence-corrected chi connectivity index (χ0v) is 16.4. The van der Waals surface area contributed by atoms with Crippen molar-refractivity contribution in [1.82, 2.24) is 0 Å². The summed E-state index contributed by atoms with van der Waals surface area (Å²) in [5.41, 5.74) is -2.33. The average molecular weight is 366 g/mol. The normalized spacial score (nSPS) is 56.7. The van der Waals surface area contributed by atoms with Crippen LogP contribution in [0.25, 0.3) is 0 Å². The van der Waals surface area contributed by atoms with Gasteiger partial charge in [-0.25, -0.2) is 0 Å². The molecule has 8 atom stereocenters. The minimum Gasteiger partial charge on any atom is -0.399 e. The standard InChI is InChI=1S/C21H35NO4/c1-18-8-6-15(23)12-14(18)4-5-17-16(18)7-9-19(2)20(24,13-22-26-3)10-11-21(17,19)25/h13-17,23-25H,4-12H2,1-3H3/b22-13+/t14?,15?,16-,17-,18+,19-,20?,21-/m1/s1. The van der Waals surface area contributed by atoms with Gasteiger partial charge in [0.2, 0.25) is 0 Å². The number of hydrogen-bond donors (Lipinski definition) is 3. The van der Waals surface area contributed by atoms with Gasteiger partial charge in [0.15, 0.2) is 0 Å². The minimum absolute atomic E-state index is 0.150. The molecule has 3 N–H and O–H groups in total. The maximum atomic E-state index is 11.9. The van der Waals surface area contributed by atoms with Crippen LogP contribution in [0.5, 0.6) is 0 Å². The summed E-state index contributed by atoms with van der Waals surface area (Å²) >= 11 is 0. The topological polar surface area (TPSA) is 82.3 Å². The van der Waals surface area contributed by atoms with Crippen LogP contribution in [-0.4, -0.2) is 46.0 Å². The number of oxime groups is 1. The van der Waals surface area contributed by atoms with E-state index >= 15 is 0 Å². The average Bonchev–Trinajstić information content (AvgIpc) is 2.82. The van der Waals surface area contributed by atoms with Crippen molar-refractivity contribution in [2.24, 2.45) is 33.7 Å². The predicted octanol–water partition coefficient (Wildman–Crippen LogP) is 2.87.